The van der Waals surface area contributed by atoms with Crippen molar-refractivity contribution < 1.29 is 14.3 Å². The Labute approximate surface area is 152 Å². The van der Waals surface area contributed by atoms with E-state index in [1.54, 1.807) is 0 Å². The number of carbonyl (C=O) groups is 2. The standard InChI is InChI=1S/C20H34N2O3/c1-20(2,3)25-19(24)22-16-11-7-6-10-15(16)14-17(22)18(23)21-12-8-4-5-9-13-21/h15-17H,4-14H2,1-3H3/t15-,16-,17-/m0/s1. The van der Waals surface area contributed by atoms with Crippen LogP contribution in [0.4, 0.5) is 4.79 Å². The van der Waals surface area contributed by atoms with E-state index in [2.05, 4.69) is 0 Å². The largest absolute Gasteiger partial charge is 0.444 e. The van der Waals surface area contributed by atoms with Gasteiger partial charge in [-0.25, -0.2) is 4.79 Å². The number of nitrogens with zero attached hydrogens (tertiary/aromatic N) is 2. The van der Waals surface area contributed by atoms with E-state index >= 15 is 0 Å². The minimum atomic E-state index is -0.528. The Morgan fingerprint density at radius 1 is 0.920 bits per heavy atom. The van der Waals surface area contributed by atoms with Crippen LogP contribution in [-0.4, -0.2) is 52.6 Å². The Balaban J connectivity index is 1.79. The minimum Gasteiger partial charge on any atom is -0.444 e. The molecule has 2 saturated heterocycles. The van der Waals surface area contributed by atoms with Gasteiger partial charge in [-0.15, -0.1) is 0 Å². The molecule has 3 atom stereocenters. The summed E-state index contributed by atoms with van der Waals surface area (Å²) in [6.07, 6.45) is 9.59. The van der Waals surface area contributed by atoms with E-state index in [9.17, 15) is 9.59 Å². The molecule has 0 unspecified atom stereocenters. The van der Waals surface area contributed by atoms with Gasteiger partial charge in [0.2, 0.25) is 5.91 Å². The number of likely N-dealkylation sites (tertiary alicyclic amines) is 2. The molecule has 5 heteroatoms. The van der Waals surface area contributed by atoms with E-state index in [0.29, 0.717) is 5.92 Å². The molecule has 0 aromatic heterocycles. The van der Waals surface area contributed by atoms with Crippen LogP contribution in [0.3, 0.4) is 0 Å². The average Bonchev–Trinajstić information content (AvgIpc) is 2.72. The highest BCUT2D eigenvalue weighted by molar-refractivity contribution is 5.86. The fourth-order valence-corrected chi connectivity index (χ4v) is 4.76. The van der Waals surface area contributed by atoms with Crippen LogP contribution in [0.15, 0.2) is 0 Å². The summed E-state index contributed by atoms with van der Waals surface area (Å²) in [5, 5.41) is 0. The maximum atomic E-state index is 13.3. The lowest BCUT2D eigenvalue weighted by molar-refractivity contribution is -0.136. The van der Waals surface area contributed by atoms with E-state index in [1.807, 2.05) is 30.6 Å². The van der Waals surface area contributed by atoms with Crippen molar-refractivity contribution in [3.8, 4) is 0 Å². The molecule has 0 aromatic carbocycles. The molecule has 2 amide bonds. The molecular weight excluding hydrogens is 316 g/mol. The van der Waals surface area contributed by atoms with Gasteiger partial charge in [0.15, 0.2) is 0 Å². The first kappa shape index (κ1) is 18.5. The van der Waals surface area contributed by atoms with E-state index in [4.69, 9.17) is 4.74 Å². The minimum absolute atomic E-state index is 0.155. The molecule has 3 fully saturated rings. The number of fused-ring (bicyclic) bond motifs is 1. The Bertz CT molecular complexity index is 492. The molecule has 0 radical (unpaired) electrons. The Morgan fingerprint density at radius 3 is 2.20 bits per heavy atom. The Morgan fingerprint density at radius 2 is 1.56 bits per heavy atom. The van der Waals surface area contributed by atoms with Crippen LogP contribution in [-0.2, 0) is 9.53 Å². The maximum absolute atomic E-state index is 13.3. The molecule has 142 valence electrons. The summed E-state index contributed by atoms with van der Waals surface area (Å²) in [6.45, 7) is 7.36. The van der Waals surface area contributed by atoms with E-state index in [-0.39, 0.29) is 24.1 Å². The number of hydrogen-bond acceptors (Lipinski definition) is 3. The number of amides is 2. The molecule has 3 aliphatic rings. The molecule has 5 nitrogen and oxygen atoms in total. The highest BCUT2D eigenvalue weighted by atomic mass is 16.6. The lowest BCUT2D eigenvalue weighted by atomic mass is 9.85. The highest BCUT2D eigenvalue weighted by Gasteiger charge is 2.49. The van der Waals surface area contributed by atoms with Gasteiger partial charge in [0.05, 0.1) is 0 Å². The van der Waals surface area contributed by atoms with Crippen LogP contribution in [0.1, 0.15) is 78.6 Å². The SMILES string of the molecule is CC(C)(C)OC(=O)N1[C@H](C(=O)N2CCCCCC2)C[C@@H]2CCCC[C@@H]21. The summed E-state index contributed by atoms with van der Waals surface area (Å²) >= 11 is 0. The van der Waals surface area contributed by atoms with Crippen molar-refractivity contribution in [1.82, 2.24) is 9.80 Å². The Hall–Kier alpha value is -1.26. The van der Waals surface area contributed by atoms with Crippen molar-refractivity contribution in [2.24, 2.45) is 5.92 Å². The van der Waals surface area contributed by atoms with Crippen LogP contribution >= 0.6 is 0 Å². The zero-order chi connectivity index (χ0) is 18.0. The van der Waals surface area contributed by atoms with Crippen molar-refractivity contribution in [1.29, 1.82) is 0 Å². The van der Waals surface area contributed by atoms with Crippen LogP contribution in [0.5, 0.6) is 0 Å². The van der Waals surface area contributed by atoms with Gasteiger partial charge in [0.25, 0.3) is 0 Å². The monoisotopic (exact) mass is 350 g/mol. The number of hydrogen-bond donors (Lipinski definition) is 0. The molecule has 2 heterocycles. The fraction of sp³-hybridized carbons (Fsp3) is 0.900. The third kappa shape index (κ3) is 4.29. The molecule has 0 spiro atoms. The third-order valence-corrected chi connectivity index (χ3v) is 5.90. The summed E-state index contributed by atoms with van der Waals surface area (Å²) in [5.41, 5.74) is -0.528. The first-order valence-electron chi connectivity index (χ1n) is 10.2. The summed E-state index contributed by atoms with van der Waals surface area (Å²) in [5.74, 6) is 0.615. The summed E-state index contributed by atoms with van der Waals surface area (Å²) in [6, 6.07) is -0.134. The molecular formula is C20H34N2O3. The second kappa shape index (κ2) is 7.55. The molecule has 0 bridgehead atoms. The van der Waals surface area contributed by atoms with Gasteiger partial charge in [-0.3, -0.25) is 9.69 Å². The van der Waals surface area contributed by atoms with Crippen LogP contribution in [0.25, 0.3) is 0 Å². The molecule has 3 rings (SSSR count). The van der Waals surface area contributed by atoms with Gasteiger partial charge >= 0.3 is 6.09 Å². The summed E-state index contributed by atoms with van der Waals surface area (Å²) in [7, 11) is 0. The molecule has 1 saturated carbocycles. The first-order valence-corrected chi connectivity index (χ1v) is 10.2. The lowest BCUT2D eigenvalue weighted by Gasteiger charge is -2.36. The third-order valence-electron chi connectivity index (χ3n) is 5.90. The molecule has 1 aliphatic carbocycles. The van der Waals surface area contributed by atoms with Gasteiger partial charge in [-0.05, 0) is 58.8 Å². The quantitative estimate of drug-likeness (QED) is 0.719. The second-order valence-electron chi connectivity index (χ2n) is 8.99. The number of carbonyl (C=O) groups excluding carboxylic acids is 2. The van der Waals surface area contributed by atoms with Crippen LogP contribution in [0, 0.1) is 5.92 Å². The van der Waals surface area contributed by atoms with E-state index < -0.39 is 5.60 Å². The highest BCUT2D eigenvalue weighted by Crippen LogP contribution is 2.41. The topological polar surface area (TPSA) is 49.9 Å². The maximum Gasteiger partial charge on any atom is 0.411 e. The van der Waals surface area contributed by atoms with Crippen molar-refractivity contribution in [2.75, 3.05) is 13.1 Å². The zero-order valence-corrected chi connectivity index (χ0v) is 16.1. The predicted octanol–water partition coefficient (Wildman–Crippen LogP) is 3.96. The van der Waals surface area contributed by atoms with Crippen LogP contribution < -0.4 is 0 Å². The molecule has 2 aliphatic heterocycles. The van der Waals surface area contributed by atoms with E-state index in [1.165, 1.54) is 19.3 Å². The first-order chi connectivity index (χ1) is 11.9. The van der Waals surface area contributed by atoms with Crippen LogP contribution in [0.2, 0.25) is 0 Å². The average molecular weight is 351 g/mol. The van der Waals surface area contributed by atoms with Gasteiger partial charge in [-0.2, -0.15) is 0 Å². The fourth-order valence-electron chi connectivity index (χ4n) is 4.76. The van der Waals surface area contributed by atoms with Crippen molar-refractivity contribution in [3.63, 3.8) is 0 Å². The lowest BCUT2D eigenvalue weighted by Crippen LogP contribution is -2.52. The van der Waals surface area contributed by atoms with Gasteiger partial charge in [0, 0.05) is 19.1 Å². The van der Waals surface area contributed by atoms with Crippen molar-refractivity contribution in [2.45, 2.75) is 96.2 Å². The van der Waals surface area contributed by atoms with Crippen molar-refractivity contribution in [3.05, 3.63) is 0 Å². The summed E-state index contributed by atoms with van der Waals surface area (Å²) < 4.78 is 5.68. The normalized spacial score (nSPS) is 30.6. The predicted molar refractivity (Wildman–Crippen MR) is 97.3 cm³/mol. The van der Waals surface area contributed by atoms with E-state index in [0.717, 1.165) is 51.6 Å². The zero-order valence-electron chi connectivity index (χ0n) is 16.1. The Kier molecular flexibility index (Phi) is 5.59. The van der Waals surface area contributed by atoms with Gasteiger partial charge in [0.1, 0.15) is 11.6 Å². The molecule has 0 aromatic rings. The second-order valence-corrected chi connectivity index (χ2v) is 8.99. The smallest absolute Gasteiger partial charge is 0.411 e. The van der Waals surface area contributed by atoms with Gasteiger partial charge in [-0.1, -0.05) is 25.7 Å². The summed E-state index contributed by atoms with van der Waals surface area (Å²) in [4.78, 5) is 30.0. The molecule has 0 N–H and O–H groups in total. The number of rotatable bonds is 1. The molecule has 25 heavy (non-hydrogen) atoms. The number of ether oxygens (including phenoxy) is 1. The van der Waals surface area contributed by atoms with Crippen molar-refractivity contribution >= 4 is 12.0 Å². The van der Waals surface area contributed by atoms with Gasteiger partial charge < -0.3 is 9.64 Å².